The molecule has 0 radical (unpaired) electrons. The zero-order valence-electron chi connectivity index (χ0n) is 18.9. The molecule has 3 rings (SSSR count). The Morgan fingerprint density at radius 1 is 1.07 bits per heavy atom. The molecule has 1 N–H and O–H groups in total. The van der Waals surface area contributed by atoms with Gasteiger partial charge >= 0.3 is 0 Å². The van der Waals surface area contributed by atoms with Gasteiger partial charge in [-0.2, -0.15) is 0 Å². The first kappa shape index (κ1) is 22.1. The molecule has 1 aliphatic heterocycles. The van der Waals surface area contributed by atoms with E-state index in [4.69, 9.17) is 0 Å². The van der Waals surface area contributed by atoms with Gasteiger partial charge in [-0.1, -0.05) is 67.9 Å². The summed E-state index contributed by atoms with van der Waals surface area (Å²) in [4.78, 5) is 27.9. The summed E-state index contributed by atoms with van der Waals surface area (Å²) >= 11 is 0. The van der Waals surface area contributed by atoms with Gasteiger partial charge < -0.3 is 10.2 Å². The second-order valence-corrected chi connectivity index (χ2v) is 9.28. The van der Waals surface area contributed by atoms with Crippen molar-refractivity contribution in [2.45, 2.75) is 53.5 Å². The van der Waals surface area contributed by atoms with Gasteiger partial charge in [0.1, 0.15) is 0 Å². The summed E-state index contributed by atoms with van der Waals surface area (Å²) < 4.78 is 0. The van der Waals surface area contributed by atoms with Gasteiger partial charge in [-0.05, 0) is 50.3 Å². The monoisotopic (exact) mass is 406 g/mol. The van der Waals surface area contributed by atoms with E-state index >= 15 is 0 Å². The molecule has 4 nitrogen and oxygen atoms in total. The Balaban J connectivity index is 1.97. The minimum atomic E-state index is -0.602. The molecule has 4 heteroatoms. The summed E-state index contributed by atoms with van der Waals surface area (Å²) in [6.45, 7) is 11.0. The lowest BCUT2D eigenvalue weighted by Crippen LogP contribution is -2.47. The molecule has 2 aromatic rings. The van der Waals surface area contributed by atoms with E-state index in [-0.39, 0.29) is 23.8 Å². The van der Waals surface area contributed by atoms with E-state index in [0.29, 0.717) is 25.9 Å². The van der Waals surface area contributed by atoms with Gasteiger partial charge in [0, 0.05) is 25.0 Å². The molecule has 1 heterocycles. The predicted octanol–water partition coefficient (Wildman–Crippen LogP) is 4.60. The maximum absolute atomic E-state index is 13.4. The van der Waals surface area contributed by atoms with Crippen molar-refractivity contribution in [2.24, 2.45) is 11.3 Å². The SMILES string of the molecule is Cc1cccc(-c2ccccc2C[C@@]2(C(=O)NC(C)C)CCN(C(=O)C(C)C)C2)c1. The zero-order valence-corrected chi connectivity index (χ0v) is 18.9. The third kappa shape index (κ3) is 4.75. The minimum Gasteiger partial charge on any atom is -0.353 e. The smallest absolute Gasteiger partial charge is 0.228 e. The lowest BCUT2D eigenvalue weighted by Gasteiger charge is -2.30. The molecule has 1 fully saturated rings. The Kier molecular flexibility index (Phi) is 6.64. The highest BCUT2D eigenvalue weighted by atomic mass is 16.2. The largest absolute Gasteiger partial charge is 0.353 e. The number of hydrogen-bond donors (Lipinski definition) is 1. The Labute approximate surface area is 180 Å². The van der Waals surface area contributed by atoms with Crippen LogP contribution in [-0.2, 0) is 16.0 Å². The first-order valence-electron chi connectivity index (χ1n) is 11.0. The number of carbonyl (C=O) groups is 2. The first-order valence-corrected chi connectivity index (χ1v) is 11.0. The van der Waals surface area contributed by atoms with Crippen molar-refractivity contribution in [3.05, 3.63) is 59.7 Å². The second kappa shape index (κ2) is 9.03. The molecular weight excluding hydrogens is 372 g/mol. The van der Waals surface area contributed by atoms with Gasteiger partial charge in [-0.25, -0.2) is 0 Å². The Bertz CT molecular complexity index is 919. The quantitative estimate of drug-likeness (QED) is 0.762. The minimum absolute atomic E-state index is 0.0515. The van der Waals surface area contributed by atoms with Crippen molar-refractivity contribution in [3.63, 3.8) is 0 Å². The first-order chi connectivity index (χ1) is 14.2. The molecule has 2 aromatic carbocycles. The standard InChI is InChI=1S/C26H34N2O2/c1-18(2)24(29)28-14-13-26(17-28,25(30)27-19(3)4)16-22-10-6-7-12-23(22)21-11-8-9-20(5)15-21/h6-12,15,18-19H,13-14,16-17H2,1-5H3,(H,27,30)/t26-/m0/s1. The van der Waals surface area contributed by atoms with Crippen LogP contribution in [0.2, 0.25) is 0 Å². The van der Waals surface area contributed by atoms with Gasteiger partial charge in [0.2, 0.25) is 11.8 Å². The number of likely N-dealkylation sites (tertiary alicyclic amines) is 1. The number of aryl methyl sites for hydroxylation is 1. The summed E-state index contributed by atoms with van der Waals surface area (Å²) in [5.41, 5.74) is 4.09. The number of rotatable bonds is 6. The molecule has 0 spiro atoms. The zero-order chi connectivity index (χ0) is 21.9. The van der Waals surface area contributed by atoms with Gasteiger partial charge in [0.25, 0.3) is 0 Å². The summed E-state index contributed by atoms with van der Waals surface area (Å²) in [5, 5.41) is 3.13. The van der Waals surface area contributed by atoms with Crippen molar-refractivity contribution < 1.29 is 9.59 Å². The molecule has 30 heavy (non-hydrogen) atoms. The van der Waals surface area contributed by atoms with Crippen LogP contribution < -0.4 is 5.32 Å². The highest BCUT2D eigenvalue weighted by molar-refractivity contribution is 5.86. The Morgan fingerprint density at radius 2 is 1.80 bits per heavy atom. The van der Waals surface area contributed by atoms with Crippen molar-refractivity contribution in [2.75, 3.05) is 13.1 Å². The van der Waals surface area contributed by atoms with Crippen molar-refractivity contribution in [1.82, 2.24) is 10.2 Å². The summed E-state index contributed by atoms with van der Waals surface area (Å²) in [5.74, 6) is 0.116. The van der Waals surface area contributed by atoms with E-state index in [1.54, 1.807) is 0 Å². The van der Waals surface area contributed by atoms with Crippen LogP contribution in [0.1, 0.15) is 45.2 Å². The number of nitrogens with zero attached hydrogens (tertiary/aromatic N) is 1. The highest BCUT2D eigenvalue weighted by Gasteiger charge is 2.46. The van der Waals surface area contributed by atoms with Crippen LogP contribution in [0.3, 0.4) is 0 Å². The van der Waals surface area contributed by atoms with Gasteiger partial charge in [-0.15, -0.1) is 0 Å². The average molecular weight is 407 g/mol. The number of hydrogen-bond acceptors (Lipinski definition) is 2. The van der Waals surface area contributed by atoms with Crippen molar-refractivity contribution >= 4 is 11.8 Å². The molecule has 1 aliphatic rings. The van der Waals surface area contributed by atoms with Crippen LogP contribution in [0, 0.1) is 18.3 Å². The van der Waals surface area contributed by atoms with Crippen molar-refractivity contribution in [1.29, 1.82) is 0 Å². The van der Waals surface area contributed by atoms with Crippen LogP contribution in [0.4, 0.5) is 0 Å². The summed E-state index contributed by atoms with van der Waals surface area (Å²) in [6, 6.07) is 16.9. The number of amides is 2. The lowest BCUT2D eigenvalue weighted by atomic mass is 9.78. The fraction of sp³-hybridized carbons (Fsp3) is 0.462. The number of nitrogens with one attached hydrogen (secondary N) is 1. The third-order valence-electron chi connectivity index (χ3n) is 5.94. The molecule has 0 aliphatic carbocycles. The number of carbonyl (C=O) groups excluding carboxylic acids is 2. The van der Waals surface area contributed by atoms with E-state index < -0.39 is 5.41 Å². The van der Waals surface area contributed by atoms with Crippen LogP contribution in [-0.4, -0.2) is 35.8 Å². The summed E-state index contributed by atoms with van der Waals surface area (Å²) in [6.07, 6.45) is 1.31. The van der Waals surface area contributed by atoms with Crippen LogP contribution in [0.25, 0.3) is 11.1 Å². The van der Waals surface area contributed by atoms with Crippen LogP contribution >= 0.6 is 0 Å². The van der Waals surface area contributed by atoms with E-state index in [0.717, 1.165) is 16.7 Å². The maximum atomic E-state index is 13.4. The van der Waals surface area contributed by atoms with Crippen molar-refractivity contribution in [3.8, 4) is 11.1 Å². The lowest BCUT2D eigenvalue weighted by molar-refractivity contribution is -0.135. The van der Waals surface area contributed by atoms with Gasteiger partial charge in [0.05, 0.1) is 5.41 Å². The van der Waals surface area contributed by atoms with E-state index in [1.165, 1.54) is 5.56 Å². The molecule has 0 unspecified atom stereocenters. The topological polar surface area (TPSA) is 49.4 Å². The predicted molar refractivity (Wildman–Crippen MR) is 122 cm³/mol. The van der Waals surface area contributed by atoms with E-state index in [2.05, 4.69) is 48.6 Å². The molecule has 0 saturated carbocycles. The molecular formula is C26H34N2O2. The fourth-order valence-corrected chi connectivity index (χ4v) is 4.38. The second-order valence-electron chi connectivity index (χ2n) is 9.28. The normalized spacial score (nSPS) is 18.8. The molecule has 0 aromatic heterocycles. The Morgan fingerprint density at radius 3 is 2.47 bits per heavy atom. The molecule has 1 atom stereocenters. The average Bonchev–Trinajstić information content (AvgIpc) is 3.12. The third-order valence-corrected chi connectivity index (χ3v) is 5.94. The molecule has 160 valence electrons. The van der Waals surface area contributed by atoms with Crippen LogP contribution in [0.5, 0.6) is 0 Å². The Hall–Kier alpha value is -2.62. The van der Waals surface area contributed by atoms with Crippen LogP contribution in [0.15, 0.2) is 48.5 Å². The highest BCUT2D eigenvalue weighted by Crippen LogP contribution is 2.38. The number of benzene rings is 2. The van der Waals surface area contributed by atoms with E-state index in [1.807, 2.05) is 44.7 Å². The fourth-order valence-electron chi connectivity index (χ4n) is 4.38. The van der Waals surface area contributed by atoms with Gasteiger partial charge in [-0.3, -0.25) is 9.59 Å². The van der Waals surface area contributed by atoms with Gasteiger partial charge in [0.15, 0.2) is 0 Å². The molecule has 1 saturated heterocycles. The summed E-state index contributed by atoms with van der Waals surface area (Å²) in [7, 11) is 0. The van der Waals surface area contributed by atoms with E-state index in [9.17, 15) is 9.59 Å². The maximum Gasteiger partial charge on any atom is 0.228 e. The molecule has 0 bridgehead atoms. The molecule has 2 amide bonds.